The number of nitrogens with two attached hydrogens (primary N) is 1. The molecule has 2 heterocycles. The average Bonchev–Trinajstić information content (AvgIpc) is 2.57. The van der Waals surface area contributed by atoms with Crippen LogP contribution in [0.15, 0.2) is 36.5 Å². The van der Waals surface area contributed by atoms with Gasteiger partial charge in [0, 0.05) is 56.1 Å². The summed E-state index contributed by atoms with van der Waals surface area (Å²) >= 11 is 5.94. The molecule has 116 valence electrons. The minimum atomic E-state index is 0.711. The Balaban J connectivity index is 1.73. The highest BCUT2D eigenvalue weighted by molar-refractivity contribution is 6.30. The van der Waals surface area contributed by atoms with E-state index in [1.165, 1.54) is 0 Å². The van der Waals surface area contributed by atoms with Crippen LogP contribution in [-0.4, -0.2) is 54.1 Å². The Bertz CT molecular complexity index is 608. The Labute approximate surface area is 135 Å². The zero-order valence-corrected chi connectivity index (χ0v) is 13.2. The van der Waals surface area contributed by atoms with Crippen molar-refractivity contribution in [3.05, 3.63) is 41.6 Å². The van der Waals surface area contributed by atoms with Crippen LogP contribution in [0.3, 0.4) is 0 Å². The van der Waals surface area contributed by atoms with Gasteiger partial charge in [0.2, 0.25) is 5.95 Å². The molecule has 0 amide bonds. The van der Waals surface area contributed by atoms with Gasteiger partial charge < -0.3 is 10.6 Å². The van der Waals surface area contributed by atoms with E-state index in [1.807, 2.05) is 36.5 Å². The van der Waals surface area contributed by atoms with Crippen LogP contribution < -0.4 is 10.6 Å². The Morgan fingerprint density at radius 1 is 1.05 bits per heavy atom. The molecule has 2 aromatic rings. The second-order valence-corrected chi connectivity index (χ2v) is 5.80. The van der Waals surface area contributed by atoms with Gasteiger partial charge in [0.05, 0.1) is 5.69 Å². The van der Waals surface area contributed by atoms with Gasteiger partial charge in [-0.25, -0.2) is 9.97 Å². The van der Waals surface area contributed by atoms with Crippen molar-refractivity contribution in [2.75, 3.05) is 44.2 Å². The van der Waals surface area contributed by atoms with Crippen LogP contribution in [0, 0.1) is 0 Å². The van der Waals surface area contributed by atoms with Crippen molar-refractivity contribution in [1.82, 2.24) is 14.9 Å². The lowest BCUT2D eigenvalue weighted by Crippen LogP contribution is -2.48. The van der Waals surface area contributed by atoms with Gasteiger partial charge in [0.15, 0.2) is 0 Å². The van der Waals surface area contributed by atoms with E-state index in [9.17, 15) is 0 Å². The molecule has 22 heavy (non-hydrogen) atoms. The molecular weight excluding hydrogens is 298 g/mol. The summed E-state index contributed by atoms with van der Waals surface area (Å²) in [5.74, 6) is 0.792. The van der Waals surface area contributed by atoms with Crippen LogP contribution in [0.4, 0.5) is 5.95 Å². The van der Waals surface area contributed by atoms with E-state index in [-0.39, 0.29) is 0 Å². The lowest BCUT2D eigenvalue weighted by molar-refractivity contribution is 0.263. The third-order valence-corrected chi connectivity index (χ3v) is 4.14. The maximum atomic E-state index is 5.94. The highest BCUT2D eigenvalue weighted by Gasteiger charge is 2.18. The van der Waals surface area contributed by atoms with Gasteiger partial charge in [0.1, 0.15) is 0 Å². The third kappa shape index (κ3) is 3.55. The number of piperazine rings is 1. The van der Waals surface area contributed by atoms with Crippen molar-refractivity contribution in [3.8, 4) is 11.3 Å². The first kappa shape index (κ1) is 15.2. The normalized spacial score (nSPS) is 16.0. The molecule has 0 unspecified atom stereocenters. The topological polar surface area (TPSA) is 58.3 Å². The van der Waals surface area contributed by atoms with E-state index in [4.69, 9.17) is 22.3 Å². The predicted octanol–water partition coefficient (Wildman–Crippen LogP) is 1.88. The predicted molar refractivity (Wildman–Crippen MR) is 90.2 cm³/mol. The number of benzene rings is 1. The van der Waals surface area contributed by atoms with E-state index in [0.717, 1.165) is 55.0 Å². The summed E-state index contributed by atoms with van der Waals surface area (Å²) in [6.45, 7) is 5.55. The molecule has 1 aromatic carbocycles. The van der Waals surface area contributed by atoms with Crippen LogP contribution in [-0.2, 0) is 0 Å². The molecule has 5 nitrogen and oxygen atoms in total. The van der Waals surface area contributed by atoms with Gasteiger partial charge >= 0.3 is 0 Å². The van der Waals surface area contributed by atoms with Crippen molar-refractivity contribution in [2.24, 2.45) is 5.73 Å². The van der Waals surface area contributed by atoms with Crippen LogP contribution >= 0.6 is 11.6 Å². The number of aromatic nitrogens is 2. The second kappa shape index (κ2) is 7.05. The summed E-state index contributed by atoms with van der Waals surface area (Å²) in [5, 5.41) is 0.731. The van der Waals surface area contributed by atoms with Crippen molar-refractivity contribution in [1.29, 1.82) is 0 Å². The fourth-order valence-corrected chi connectivity index (χ4v) is 2.76. The molecular formula is C16H20ClN5. The lowest BCUT2D eigenvalue weighted by atomic mass is 10.1. The minimum Gasteiger partial charge on any atom is -0.338 e. The Morgan fingerprint density at radius 2 is 1.77 bits per heavy atom. The third-order valence-electron chi connectivity index (χ3n) is 3.88. The minimum absolute atomic E-state index is 0.711. The smallest absolute Gasteiger partial charge is 0.225 e. The maximum Gasteiger partial charge on any atom is 0.225 e. The van der Waals surface area contributed by atoms with Crippen molar-refractivity contribution < 1.29 is 0 Å². The van der Waals surface area contributed by atoms with E-state index >= 15 is 0 Å². The van der Waals surface area contributed by atoms with Crippen LogP contribution in [0.2, 0.25) is 5.02 Å². The first-order valence-electron chi connectivity index (χ1n) is 7.52. The Hall–Kier alpha value is -1.69. The fourth-order valence-electron chi connectivity index (χ4n) is 2.64. The zero-order valence-electron chi connectivity index (χ0n) is 12.5. The summed E-state index contributed by atoms with van der Waals surface area (Å²) in [7, 11) is 0. The quantitative estimate of drug-likeness (QED) is 0.933. The zero-order chi connectivity index (χ0) is 15.4. The second-order valence-electron chi connectivity index (χ2n) is 5.37. The molecule has 0 aliphatic carbocycles. The van der Waals surface area contributed by atoms with E-state index < -0.39 is 0 Å². The van der Waals surface area contributed by atoms with E-state index in [2.05, 4.69) is 14.8 Å². The van der Waals surface area contributed by atoms with Gasteiger partial charge in [-0.2, -0.15) is 0 Å². The molecule has 1 aliphatic rings. The van der Waals surface area contributed by atoms with Gasteiger partial charge in [0.25, 0.3) is 0 Å². The molecule has 0 radical (unpaired) electrons. The van der Waals surface area contributed by atoms with Gasteiger partial charge in [-0.3, -0.25) is 4.90 Å². The molecule has 0 saturated carbocycles. The van der Waals surface area contributed by atoms with Gasteiger partial charge in [-0.05, 0) is 18.2 Å². The summed E-state index contributed by atoms with van der Waals surface area (Å²) in [5.41, 5.74) is 7.58. The van der Waals surface area contributed by atoms with E-state index in [1.54, 1.807) is 0 Å². The number of hydrogen-bond donors (Lipinski definition) is 1. The van der Waals surface area contributed by atoms with E-state index in [0.29, 0.717) is 6.54 Å². The number of halogens is 1. The number of nitrogens with zero attached hydrogens (tertiary/aromatic N) is 4. The standard InChI is InChI=1S/C16H20ClN5/c17-14-3-1-13(2-4-14)15-5-7-19-16(20-15)22-11-9-21(8-6-18)10-12-22/h1-5,7H,6,8-12,18H2. The first-order chi connectivity index (χ1) is 10.8. The monoisotopic (exact) mass is 317 g/mol. The molecule has 1 fully saturated rings. The molecule has 0 bridgehead atoms. The number of rotatable bonds is 4. The molecule has 6 heteroatoms. The van der Waals surface area contributed by atoms with Crippen LogP contribution in [0.5, 0.6) is 0 Å². The fraction of sp³-hybridized carbons (Fsp3) is 0.375. The Kier molecular flexibility index (Phi) is 4.87. The summed E-state index contributed by atoms with van der Waals surface area (Å²) in [6, 6.07) is 9.65. The van der Waals surface area contributed by atoms with Gasteiger partial charge in [-0.1, -0.05) is 23.7 Å². The average molecular weight is 318 g/mol. The van der Waals surface area contributed by atoms with Crippen LogP contribution in [0.1, 0.15) is 0 Å². The largest absolute Gasteiger partial charge is 0.338 e. The Morgan fingerprint density at radius 3 is 2.45 bits per heavy atom. The van der Waals surface area contributed by atoms with Crippen molar-refractivity contribution in [3.63, 3.8) is 0 Å². The van der Waals surface area contributed by atoms with Crippen LogP contribution in [0.25, 0.3) is 11.3 Å². The molecule has 1 aromatic heterocycles. The summed E-state index contributed by atoms with van der Waals surface area (Å²) < 4.78 is 0. The summed E-state index contributed by atoms with van der Waals surface area (Å²) in [4.78, 5) is 13.7. The molecule has 3 rings (SSSR count). The lowest BCUT2D eigenvalue weighted by Gasteiger charge is -2.34. The number of anilines is 1. The molecule has 0 spiro atoms. The molecule has 2 N–H and O–H groups in total. The van der Waals surface area contributed by atoms with Crippen molar-refractivity contribution >= 4 is 17.5 Å². The highest BCUT2D eigenvalue weighted by Crippen LogP contribution is 2.21. The summed E-state index contributed by atoms with van der Waals surface area (Å²) in [6.07, 6.45) is 1.82. The maximum absolute atomic E-state index is 5.94. The molecule has 0 atom stereocenters. The highest BCUT2D eigenvalue weighted by atomic mass is 35.5. The van der Waals surface area contributed by atoms with Crippen molar-refractivity contribution in [2.45, 2.75) is 0 Å². The first-order valence-corrected chi connectivity index (χ1v) is 7.90. The van der Waals surface area contributed by atoms with Gasteiger partial charge in [-0.15, -0.1) is 0 Å². The molecule has 1 saturated heterocycles. The SMILES string of the molecule is NCCN1CCN(c2nccc(-c3ccc(Cl)cc3)n2)CC1. The number of hydrogen-bond acceptors (Lipinski definition) is 5. The molecule has 1 aliphatic heterocycles.